The summed E-state index contributed by atoms with van der Waals surface area (Å²) in [5.41, 5.74) is 0. The lowest BCUT2D eigenvalue weighted by molar-refractivity contribution is 0.253. The predicted octanol–water partition coefficient (Wildman–Crippen LogP) is 2.35. The van der Waals surface area contributed by atoms with Crippen LogP contribution in [0.5, 0.6) is 5.75 Å². The number of rotatable bonds is 4. The summed E-state index contributed by atoms with van der Waals surface area (Å²) >= 11 is 1.46. The Bertz CT molecular complexity index is 588. The van der Waals surface area contributed by atoms with Crippen molar-refractivity contribution in [3.63, 3.8) is 0 Å². The van der Waals surface area contributed by atoms with Crippen LogP contribution in [0.25, 0.3) is 0 Å². The molecule has 0 spiro atoms. The zero-order chi connectivity index (χ0) is 14.0. The molecule has 0 radical (unpaired) electrons. The molecule has 0 saturated heterocycles. The standard InChI is InChI=1S/C14H13N3O2S/c18-14(17-13-6-4-10-20-13)16-8-1-2-9-19-12-5-3-7-15-11-12/h3-7,10-11H,8-9H2,(H2,16,17,18). The first-order valence-corrected chi connectivity index (χ1v) is 6.79. The van der Waals surface area contributed by atoms with E-state index in [2.05, 4.69) is 27.5 Å². The van der Waals surface area contributed by atoms with Gasteiger partial charge in [-0.1, -0.05) is 11.8 Å². The summed E-state index contributed by atoms with van der Waals surface area (Å²) in [6.07, 6.45) is 3.29. The summed E-state index contributed by atoms with van der Waals surface area (Å²) in [7, 11) is 0. The number of urea groups is 1. The average molecular weight is 287 g/mol. The highest BCUT2D eigenvalue weighted by Gasteiger charge is 1.99. The minimum absolute atomic E-state index is 0.264. The number of anilines is 1. The van der Waals surface area contributed by atoms with E-state index in [1.807, 2.05) is 17.5 Å². The van der Waals surface area contributed by atoms with Crippen LogP contribution >= 0.6 is 11.3 Å². The minimum atomic E-state index is -0.269. The SMILES string of the molecule is O=C(NCC#CCOc1cccnc1)Nc1cccs1. The largest absolute Gasteiger partial charge is 0.479 e. The third-order valence-corrected chi connectivity index (χ3v) is 2.95. The van der Waals surface area contributed by atoms with E-state index >= 15 is 0 Å². The van der Waals surface area contributed by atoms with Gasteiger partial charge in [-0.2, -0.15) is 0 Å². The molecule has 0 aliphatic carbocycles. The molecule has 0 aliphatic heterocycles. The fourth-order valence-electron chi connectivity index (χ4n) is 1.30. The zero-order valence-electron chi connectivity index (χ0n) is 10.6. The van der Waals surface area contributed by atoms with Crippen molar-refractivity contribution in [2.45, 2.75) is 0 Å². The number of thiophene rings is 1. The van der Waals surface area contributed by atoms with E-state index in [1.165, 1.54) is 11.3 Å². The maximum Gasteiger partial charge on any atom is 0.320 e. The van der Waals surface area contributed by atoms with Gasteiger partial charge in [0.25, 0.3) is 0 Å². The zero-order valence-corrected chi connectivity index (χ0v) is 11.4. The van der Waals surface area contributed by atoms with Crippen LogP contribution in [0.3, 0.4) is 0 Å². The highest BCUT2D eigenvalue weighted by Crippen LogP contribution is 2.14. The Balaban J connectivity index is 1.61. The van der Waals surface area contributed by atoms with Crippen molar-refractivity contribution < 1.29 is 9.53 Å². The Kier molecular flexibility index (Phi) is 5.43. The van der Waals surface area contributed by atoms with Crippen LogP contribution in [-0.2, 0) is 0 Å². The summed E-state index contributed by atoms with van der Waals surface area (Å²) in [5, 5.41) is 8.03. The Hall–Kier alpha value is -2.52. The number of carbonyl (C=O) groups excluding carboxylic acids is 1. The van der Waals surface area contributed by atoms with Gasteiger partial charge >= 0.3 is 6.03 Å². The lowest BCUT2D eigenvalue weighted by Crippen LogP contribution is -2.28. The van der Waals surface area contributed by atoms with Crippen LogP contribution in [0.2, 0.25) is 0 Å². The van der Waals surface area contributed by atoms with Crippen LogP contribution in [-0.4, -0.2) is 24.2 Å². The molecule has 2 aromatic rings. The molecule has 0 aliphatic rings. The quantitative estimate of drug-likeness (QED) is 0.848. The molecule has 2 aromatic heterocycles. The fraction of sp³-hybridized carbons (Fsp3) is 0.143. The summed E-state index contributed by atoms with van der Waals surface area (Å²) in [6, 6.07) is 7.03. The Labute approximate surface area is 121 Å². The number of nitrogens with one attached hydrogen (secondary N) is 2. The minimum Gasteiger partial charge on any atom is -0.479 e. The number of amides is 2. The van der Waals surface area contributed by atoms with Crippen molar-refractivity contribution in [1.82, 2.24) is 10.3 Å². The van der Waals surface area contributed by atoms with Crippen molar-refractivity contribution >= 4 is 22.4 Å². The first-order valence-electron chi connectivity index (χ1n) is 5.91. The average Bonchev–Trinajstić information content (AvgIpc) is 2.96. The second-order valence-electron chi connectivity index (χ2n) is 3.62. The molecule has 20 heavy (non-hydrogen) atoms. The van der Waals surface area contributed by atoms with Gasteiger partial charge in [0, 0.05) is 6.20 Å². The molecule has 0 aromatic carbocycles. The van der Waals surface area contributed by atoms with E-state index in [0.717, 1.165) is 5.00 Å². The van der Waals surface area contributed by atoms with Crippen LogP contribution in [0.4, 0.5) is 9.80 Å². The Morgan fingerprint density at radius 2 is 2.30 bits per heavy atom. The number of hydrogen-bond acceptors (Lipinski definition) is 4. The van der Waals surface area contributed by atoms with E-state index in [1.54, 1.807) is 24.5 Å². The van der Waals surface area contributed by atoms with Crippen LogP contribution in [0, 0.1) is 11.8 Å². The normalized spacial score (nSPS) is 9.20. The molecule has 0 saturated carbocycles. The van der Waals surface area contributed by atoms with Crippen LogP contribution in [0.15, 0.2) is 42.0 Å². The molecule has 0 atom stereocenters. The van der Waals surface area contributed by atoms with E-state index < -0.39 is 0 Å². The molecular weight excluding hydrogens is 274 g/mol. The number of pyridine rings is 1. The second-order valence-corrected chi connectivity index (χ2v) is 4.56. The van der Waals surface area contributed by atoms with Crippen molar-refractivity contribution in [3.05, 3.63) is 42.0 Å². The first kappa shape index (κ1) is 13.9. The van der Waals surface area contributed by atoms with E-state index in [4.69, 9.17) is 4.74 Å². The van der Waals surface area contributed by atoms with Gasteiger partial charge in [0.15, 0.2) is 0 Å². The monoisotopic (exact) mass is 287 g/mol. The van der Waals surface area contributed by atoms with Gasteiger partial charge in [-0.25, -0.2) is 4.79 Å². The van der Waals surface area contributed by atoms with Gasteiger partial charge in [-0.05, 0) is 29.6 Å². The van der Waals surface area contributed by atoms with Crippen molar-refractivity contribution in [3.8, 4) is 17.6 Å². The van der Waals surface area contributed by atoms with Gasteiger partial charge in [0.05, 0.1) is 17.7 Å². The Morgan fingerprint density at radius 1 is 1.35 bits per heavy atom. The van der Waals surface area contributed by atoms with Crippen molar-refractivity contribution in [2.75, 3.05) is 18.5 Å². The number of ether oxygens (including phenoxy) is 1. The summed E-state index contributed by atoms with van der Waals surface area (Å²) in [5.74, 6) is 6.28. The number of aromatic nitrogens is 1. The summed E-state index contributed by atoms with van der Waals surface area (Å²) in [6.45, 7) is 0.535. The van der Waals surface area contributed by atoms with E-state index in [9.17, 15) is 4.79 Å². The van der Waals surface area contributed by atoms with Crippen molar-refractivity contribution in [1.29, 1.82) is 0 Å². The topological polar surface area (TPSA) is 63.2 Å². The molecule has 0 bridgehead atoms. The van der Waals surface area contributed by atoms with Gasteiger partial charge in [-0.15, -0.1) is 11.3 Å². The maximum absolute atomic E-state index is 11.4. The van der Waals surface area contributed by atoms with E-state index in [-0.39, 0.29) is 19.2 Å². The number of hydrogen-bond donors (Lipinski definition) is 2. The molecule has 2 amide bonds. The summed E-state index contributed by atoms with van der Waals surface area (Å²) < 4.78 is 5.34. The molecule has 0 unspecified atom stereocenters. The predicted molar refractivity (Wildman–Crippen MR) is 78.8 cm³/mol. The van der Waals surface area contributed by atoms with Gasteiger partial charge in [0.2, 0.25) is 0 Å². The molecule has 102 valence electrons. The molecule has 2 heterocycles. The molecule has 6 heteroatoms. The van der Waals surface area contributed by atoms with Gasteiger partial charge in [0.1, 0.15) is 12.4 Å². The summed E-state index contributed by atoms with van der Waals surface area (Å²) in [4.78, 5) is 15.4. The van der Waals surface area contributed by atoms with Crippen LogP contribution in [0.1, 0.15) is 0 Å². The third-order valence-electron chi connectivity index (χ3n) is 2.17. The fourth-order valence-corrected chi connectivity index (χ4v) is 1.91. The van der Waals surface area contributed by atoms with Gasteiger partial charge in [-0.3, -0.25) is 10.3 Å². The number of carbonyl (C=O) groups is 1. The lowest BCUT2D eigenvalue weighted by atomic mass is 10.5. The molecule has 5 nitrogen and oxygen atoms in total. The molecule has 2 rings (SSSR count). The molecule has 0 fully saturated rings. The molecule has 2 N–H and O–H groups in total. The highest BCUT2D eigenvalue weighted by molar-refractivity contribution is 7.14. The maximum atomic E-state index is 11.4. The smallest absolute Gasteiger partial charge is 0.320 e. The lowest BCUT2D eigenvalue weighted by Gasteiger charge is -2.01. The van der Waals surface area contributed by atoms with Crippen molar-refractivity contribution in [2.24, 2.45) is 0 Å². The second kappa shape index (κ2) is 7.81. The first-order chi connectivity index (χ1) is 9.84. The molecular formula is C14H13N3O2S. The number of nitrogens with zero attached hydrogens (tertiary/aromatic N) is 1. The Morgan fingerprint density at radius 3 is 3.05 bits per heavy atom. The van der Waals surface area contributed by atoms with E-state index in [0.29, 0.717) is 5.75 Å². The highest BCUT2D eigenvalue weighted by atomic mass is 32.1. The van der Waals surface area contributed by atoms with Gasteiger partial charge < -0.3 is 10.1 Å². The van der Waals surface area contributed by atoms with Crippen LogP contribution < -0.4 is 15.4 Å². The third kappa shape index (κ3) is 5.00.